The van der Waals surface area contributed by atoms with Crippen LogP contribution < -0.4 is 4.72 Å². The molecule has 0 aliphatic carbocycles. The van der Waals surface area contributed by atoms with Gasteiger partial charge in [-0.1, -0.05) is 5.21 Å². The van der Waals surface area contributed by atoms with E-state index in [9.17, 15) is 8.42 Å². The van der Waals surface area contributed by atoms with Crippen LogP contribution in [0.25, 0.3) is 0 Å². The van der Waals surface area contributed by atoms with Gasteiger partial charge in [-0.25, -0.2) is 13.1 Å². The number of aromatic nitrogens is 4. The van der Waals surface area contributed by atoms with E-state index in [4.69, 9.17) is 11.6 Å². The summed E-state index contributed by atoms with van der Waals surface area (Å²) in [4.78, 5) is 0. The van der Waals surface area contributed by atoms with Crippen LogP contribution in [0, 0.1) is 0 Å². The third-order valence-electron chi connectivity index (χ3n) is 1.25. The molecule has 0 fully saturated rings. The second kappa shape index (κ2) is 3.99. The van der Waals surface area contributed by atoms with Gasteiger partial charge in [0.1, 0.15) is 5.21 Å². The van der Waals surface area contributed by atoms with Crippen LogP contribution in [-0.2, 0) is 10.0 Å². The van der Waals surface area contributed by atoms with Gasteiger partial charge in [-0.15, -0.1) is 21.8 Å². The van der Waals surface area contributed by atoms with Crippen LogP contribution in [0.1, 0.15) is 18.8 Å². The molecule has 0 aliphatic rings. The normalized spacial score (nSPS) is 14.3. The lowest BCUT2D eigenvalue weighted by molar-refractivity contribution is 0.564. The summed E-state index contributed by atoms with van der Waals surface area (Å²) in [5, 5.41) is 12.3. The van der Waals surface area contributed by atoms with E-state index in [1.807, 2.05) is 0 Å². The highest BCUT2D eigenvalue weighted by atomic mass is 35.5. The summed E-state index contributed by atoms with van der Waals surface area (Å²) in [5.74, 6) is 0.272. The first kappa shape index (κ1) is 10.4. The van der Waals surface area contributed by atoms with E-state index in [1.54, 1.807) is 6.92 Å². The Bertz CT molecular complexity index is 349. The molecule has 13 heavy (non-hydrogen) atoms. The van der Waals surface area contributed by atoms with Crippen molar-refractivity contribution in [3.05, 3.63) is 5.82 Å². The number of nitrogens with zero attached hydrogens (tertiary/aromatic N) is 3. The van der Waals surface area contributed by atoms with Crippen molar-refractivity contribution >= 4 is 21.6 Å². The van der Waals surface area contributed by atoms with Crippen molar-refractivity contribution in [2.24, 2.45) is 0 Å². The lowest BCUT2D eigenvalue weighted by atomic mass is 10.4. The summed E-state index contributed by atoms with van der Waals surface area (Å²) in [7, 11) is -3.45. The maximum atomic E-state index is 11.0. The molecule has 0 spiro atoms. The Morgan fingerprint density at radius 3 is 2.85 bits per heavy atom. The zero-order valence-corrected chi connectivity index (χ0v) is 8.30. The topological polar surface area (TPSA) is 101 Å². The van der Waals surface area contributed by atoms with Gasteiger partial charge in [0, 0.05) is 0 Å². The van der Waals surface area contributed by atoms with E-state index in [1.165, 1.54) is 0 Å². The second-order valence-corrected chi connectivity index (χ2v) is 4.67. The summed E-state index contributed by atoms with van der Waals surface area (Å²) in [5.41, 5.74) is 0. The first-order valence-electron chi connectivity index (χ1n) is 3.34. The van der Waals surface area contributed by atoms with E-state index in [2.05, 4.69) is 25.3 Å². The summed E-state index contributed by atoms with van der Waals surface area (Å²) in [6.45, 7) is 1.59. The van der Waals surface area contributed by atoms with Gasteiger partial charge in [-0.05, 0) is 6.92 Å². The molecule has 0 radical (unpaired) electrons. The Morgan fingerprint density at radius 1 is 1.69 bits per heavy atom. The molecule has 1 aromatic heterocycles. The highest BCUT2D eigenvalue weighted by Gasteiger charge is 2.17. The number of H-pyrrole nitrogens is 1. The van der Waals surface area contributed by atoms with Gasteiger partial charge < -0.3 is 0 Å². The maximum Gasteiger partial charge on any atom is 0.226 e. The van der Waals surface area contributed by atoms with Gasteiger partial charge in [-0.2, -0.15) is 5.21 Å². The standard InChI is InChI=1S/C4H8ClN5O2S/c1-3(4-6-9-10-7-4)8-13(11,12)2-5/h3,8H,2H2,1H3,(H,6,7,9,10). The van der Waals surface area contributed by atoms with E-state index in [-0.39, 0.29) is 5.82 Å². The Kier molecular flexibility index (Phi) is 3.17. The minimum absolute atomic E-state index is 0.272. The molecule has 1 rings (SSSR count). The minimum Gasteiger partial charge on any atom is -0.211 e. The van der Waals surface area contributed by atoms with Gasteiger partial charge in [0.05, 0.1) is 6.04 Å². The SMILES string of the molecule is CC(NS(=O)(=O)CCl)c1nn[nH]n1. The van der Waals surface area contributed by atoms with E-state index in [0.717, 1.165) is 0 Å². The molecular weight excluding hydrogens is 218 g/mol. The molecule has 1 atom stereocenters. The van der Waals surface area contributed by atoms with Crippen molar-refractivity contribution in [1.29, 1.82) is 0 Å². The molecule has 1 heterocycles. The molecule has 7 nitrogen and oxygen atoms in total. The zero-order valence-electron chi connectivity index (χ0n) is 6.73. The molecule has 1 aromatic rings. The van der Waals surface area contributed by atoms with Crippen molar-refractivity contribution in [2.45, 2.75) is 13.0 Å². The van der Waals surface area contributed by atoms with Gasteiger partial charge in [0.2, 0.25) is 10.0 Å². The highest BCUT2D eigenvalue weighted by molar-refractivity contribution is 7.90. The lowest BCUT2D eigenvalue weighted by Crippen LogP contribution is -2.28. The first-order valence-corrected chi connectivity index (χ1v) is 5.53. The number of aromatic amines is 1. The fourth-order valence-electron chi connectivity index (χ4n) is 0.707. The van der Waals surface area contributed by atoms with Gasteiger partial charge in [0.25, 0.3) is 0 Å². The highest BCUT2D eigenvalue weighted by Crippen LogP contribution is 2.05. The van der Waals surface area contributed by atoms with Crippen molar-refractivity contribution < 1.29 is 8.42 Å². The fourth-order valence-corrected chi connectivity index (χ4v) is 1.60. The van der Waals surface area contributed by atoms with Crippen molar-refractivity contribution in [3.8, 4) is 0 Å². The maximum absolute atomic E-state index is 11.0. The van der Waals surface area contributed by atoms with Crippen LogP contribution >= 0.6 is 11.6 Å². The number of rotatable bonds is 4. The molecule has 0 amide bonds. The number of tetrazole rings is 1. The van der Waals surface area contributed by atoms with Gasteiger partial charge >= 0.3 is 0 Å². The Hall–Kier alpha value is -0.730. The number of sulfonamides is 1. The number of alkyl halides is 1. The number of hydrogen-bond donors (Lipinski definition) is 2. The minimum atomic E-state index is -3.45. The zero-order chi connectivity index (χ0) is 9.90. The smallest absolute Gasteiger partial charge is 0.211 e. The van der Waals surface area contributed by atoms with Crippen LogP contribution in [0.5, 0.6) is 0 Å². The number of halogens is 1. The average Bonchev–Trinajstić information content (AvgIpc) is 2.55. The van der Waals surface area contributed by atoms with Crippen LogP contribution in [0.3, 0.4) is 0 Å². The molecule has 0 saturated heterocycles. The molecule has 0 saturated carbocycles. The molecule has 1 unspecified atom stereocenters. The van der Waals surface area contributed by atoms with Crippen molar-refractivity contribution in [1.82, 2.24) is 25.3 Å². The third-order valence-corrected chi connectivity index (χ3v) is 3.11. The Labute approximate surface area is 79.9 Å². The monoisotopic (exact) mass is 225 g/mol. The molecule has 0 bridgehead atoms. The summed E-state index contributed by atoms with van der Waals surface area (Å²) in [6, 6.07) is -0.539. The molecular formula is C4H8ClN5O2S. The van der Waals surface area contributed by atoms with Crippen LogP contribution in [0.2, 0.25) is 0 Å². The molecule has 74 valence electrons. The first-order chi connectivity index (χ1) is 6.05. The van der Waals surface area contributed by atoms with E-state index >= 15 is 0 Å². The Morgan fingerprint density at radius 2 is 2.38 bits per heavy atom. The quantitative estimate of drug-likeness (QED) is 0.665. The summed E-state index contributed by atoms with van der Waals surface area (Å²) in [6.07, 6.45) is 0. The fraction of sp³-hybridized carbons (Fsp3) is 0.750. The van der Waals surface area contributed by atoms with Gasteiger partial charge in [-0.3, -0.25) is 0 Å². The molecule has 0 aliphatic heterocycles. The molecule has 0 aromatic carbocycles. The van der Waals surface area contributed by atoms with Crippen molar-refractivity contribution in [2.75, 3.05) is 5.21 Å². The van der Waals surface area contributed by atoms with Crippen LogP contribution in [0.15, 0.2) is 0 Å². The van der Waals surface area contributed by atoms with E-state index in [0.29, 0.717) is 0 Å². The lowest BCUT2D eigenvalue weighted by Gasteiger charge is -2.07. The number of nitrogens with one attached hydrogen (secondary N) is 2. The Balaban J connectivity index is 2.67. The molecule has 2 N–H and O–H groups in total. The molecule has 9 heteroatoms. The predicted molar refractivity (Wildman–Crippen MR) is 45.4 cm³/mol. The van der Waals surface area contributed by atoms with E-state index < -0.39 is 21.3 Å². The van der Waals surface area contributed by atoms with Crippen LogP contribution in [-0.4, -0.2) is 34.3 Å². The summed E-state index contributed by atoms with van der Waals surface area (Å²) >= 11 is 5.18. The average molecular weight is 226 g/mol. The number of hydrogen-bond acceptors (Lipinski definition) is 5. The van der Waals surface area contributed by atoms with Crippen LogP contribution in [0.4, 0.5) is 0 Å². The van der Waals surface area contributed by atoms with Gasteiger partial charge in [0.15, 0.2) is 5.82 Å². The largest absolute Gasteiger partial charge is 0.226 e. The summed E-state index contributed by atoms with van der Waals surface area (Å²) < 4.78 is 24.2. The second-order valence-electron chi connectivity index (χ2n) is 2.33. The van der Waals surface area contributed by atoms with Crippen molar-refractivity contribution in [3.63, 3.8) is 0 Å². The third kappa shape index (κ3) is 2.90. The predicted octanol–water partition coefficient (Wildman–Crippen LogP) is -0.624.